The SMILES string of the molecule is CCn1cncc1C(=O)c1cccc2c1N(C)C(=O)CC2. The van der Waals surface area contributed by atoms with Gasteiger partial charge in [0.2, 0.25) is 11.7 Å². The lowest BCUT2D eigenvalue weighted by Gasteiger charge is -2.27. The van der Waals surface area contributed by atoms with Crippen molar-refractivity contribution in [3.8, 4) is 0 Å². The second-order valence-corrected chi connectivity index (χ2v) is 5.16. The van der Waals surface area contributed by atoms with E-state index in [-0.39, 0.29) is 11.7 Å². The van der Waals surface area contributed by atoms with Gasteiger partial charge in [0.05, 0.1) is 18.2 Å². The van der Waals surface area contributed by atoms with Crippen LogP contribution in [0.1, 0.15) is 35.0 Å². The van der Waals surface area contributed by atoms with Gasteiger partial charge in [0.25, 0.3) is 0 Å². The number of benzene rings is 1. The topological polar surface area (TPSA) is 55.2 Å². The summed E-state index contributed by atoms with van der Waals surface area (Å²) in [5.41, 5.74) is 2.91. The number of hydrogen-bond acceptors (Lipinski definition) is 3. The number of aromatic nitrogens is 2. The number of rotatable bonds is 3. The van der Waals surface area contributed by atoms with Crippen molar-refractivity contribution in [3.05, 3.63) is 47.5 Å². The van der Waals surface area contributed by atoms with Crippen molar-refractivity contribution in [2.45, 2.75) is 26.3 Å². The smallest absolute Gasteiger partial charge is 0.227 e. The second kappa shape index (κ2) is 5.16. The molecule has 21 heavy (non-hydrogen) atoms. The molecule has 5 nitrogen and oxygen atoms in total. The summed E-state index contributed by atoms with van der Waals surface area (Å²) in [6, 6.07) is 5.64. The number of nitrogens with zero attached hydrogens (tertiary/aromatic N) is 3. The summed E-state index contributed by atoms with van der Waals surface area (Å²) in [4.78, 5) is 30.4. The zero-order chi connectivity index (χ0) is 15.0. The molecule has 1 amide bonds. The quantitative estimate of drug-likeness (QED) is 0.810. The third-order valence-corrected chi connectivity index (χ3v) is 3.97. The summed E-state index contributed by atoms with van der Waals surface area (Å²) in [6.07, 6.45) is 4.41. The molecule has 0 N–H and O–H groups in total. The molecule has 1 aliphatic heterocycles. The van der Waals surface area contributed by atoms with Gasteiger partial charge >= 0.3 is 0 Å². The molecule has 5 heteroatoms. The molecule has 2 aromatic rings. The van der Waals surface area contributed by atoms with Crippen LogP contribution in [0.5, 0.6) is 0 Å². The van der Waals surface area contributed by atoms with E-state index in [1.165, 1.54) is 0 Å². The molecule has 1 aromatic heterocycles. The Labute approximate surface area is 123 Å². The largest absolute Gasteiger partial charge is 0.328 e. The lowest BCUT2D eigenvalue weighted by molar-refractivity contribution is -0.118. The standard InChI is InChI=1S/C16H17N3O2/c1-3-19-10-17-9-13(19)16(21)12-6-4-5-11-7-8-14(20)18(2)15(11)12/h4-6,9-10H,3,7-8H2,1-2H3. The van der Waals surface area contributed by atoms with E-state index in [0.29, 0.717) is 30.6 Å². The summed E-state index contributed by atoms with van der Waals surface area (Å²) >= 11 is 0. The zero-order valence-corrected chi connectivity index (χ0v) is 12.2. The summed E-state index contributed by atoms with van der Waals surface area (Å²) in [5, 5.41) is 0. The molecule has 2 heterocycles. The first-order valence-electron chi connectivity index (χ1n) is 7.06. The zero-order valence-electron chi connectivity index (χ0n) is 12.2. The van der Waals surface area contributed by atoms with E-state index < -0.39 is 0 Å². The van der Waals surface area contributed by atoms with Crippen molar-refractivity contribution >= 4 is 17.4 Å². The molecule has 0 saturated heterocycles. The minimum Gasteiger partial charge on any atom is -0.328 e. The van der Waals surface area contributed by atoms with Crippen LogP contribution in [0.15, 0.2) is 30.7 Å². The summed E-state index contributed by atoms with van der Waals surface area (Å²) < 4.78 is 1.81. The summed E-state index contributed by atoms with van der Waals surface area (Å²) in [7, 11) is 1.73. The van der Waals surface area contributed by atoms with Gasteiger partial charge in [-0.15, -0.1) is 0 Å². The highest BCUT2D eigenvalue weighted by Crippen LogP contribution is 2.31. The van der Waals surface area contributed by atoms with E-state index in [9.17, 15) is 9.59 Å². The molecule has 3 rings (SSSR count). The molecule has 0 bridgehead atoms. The monoisotopic (exact) mass is 283 g/mol. The van der Waals surface area contributed by atoms with Crippen molar-refractivity contribution in [1.82, 2.24) is 9.55 Å². The molecule has 1 aromatic carbocycles. The van der Waals surface area contributed by atoms with E-state index in [0.717, 1.165) is 11.3 Å². The van der Waals surface area contributed by atoms with E-state index in [1.807, 2.05) is 23.6 Å². The average molecular weight is 283 g/mol. The summed E-state index contributed by atoms with van der Waals surface area (Å²) in [5.74, 6) is -0.0421. The maximum Gasteiger partial charge on any atom is 0.227 e. The summed E-state index contributed by atoms with van der Waals surface area (Å²) in [6.45, 7) is 2.65. The molecule has 0 radical (unpaired) electrons. The van der Waals surface area contributed by atoms with Crippen molar-refractivity contribution in [3.63, 3.8) is 0 Å². The lowest BCUT2D eigenvalue weighted by atomic mass is 9.95. The van der Waals surface area contributed by atoms with Gasteiger partial charge in [0, 0.05) is 25.6 Å². The Kier molecular flexibility index (Phi) is 3.33. The normalized spacial score (nSPS) is 14.2. The molecule has 0 spiro atoms. The number of carbonyl (C=O) groups excluding carboxylic acids is 2. The van der Waals surface area contributed by atoms with Gasteiger partial charge in [-0.2, -0.15) is 0 Å². The molecule has 0 saturated carbocycles. The predicted molar refractivity (Wildman–Crippen MR) is 79.5 cm³/mol. The van der Waals surface area contributed by atoms with Gasteiger partial charge in [0.1, 0.15) is 5.69 Å². The number of ketones is 1. The Hall–Kier alpha value is -2.43. The van der Waals surface area contributed by atoms with Crippen molar-refractivity contribution in [2.24, 2.45) is 0 Å². The molecule has 0 atom stereocenters. The Bertz CT molecular complexity index is 718. The number of para-hydroxylation sites is 1. The van der Waals surface area contributed by atoms with Crippen LogP contribution < -0.4 is 4.90 Å². The average Bonchev–Trinajstić information content (AvgIpc) is 2.98. The molecule has 108 valence electrons. The van der Waals surface area contributed by atoms with Gasteiger partial charge in [-0.3, -0.25) is 9.59 Å². The van der Waals surface area contributed by atoms with Gasteiger partial charge in [0.15, 0.2) is 0 Å². The van der Waals surface area contributed by atoms with Crippen molar-refractivity contribution < 1.29 is 9.59 Å². The first-order chi connectivity index (χ1) is 10.1. The molecule has 0 unspecified atom stereocenters. The van der Waals surface area contributed by atoms with E-state index in [2.05, 4.69) is 4.98 Å². The molecular weight excluding hydrogens is 266 g/mol. The first-order valence-corrected chi connectivity index (χ1v) is 7.06. The van der Waals surface area contributed by atoms with E-state index in [1.54, 1.807) is 30.5 Å². The number of anilines is 1. The van der Waals surface area contributed by atoms with Crippen LogP contribution >= 0.6 is 0 Å². The Morgan fingerprint density at radius 2 is 2.14 bits per heavy atom. The Balaban J connectivity index is 2.12. The van der Waals surface area contributed by atoms with Gasteiger partial charge in [-0.05, 0) is 25.0 Å². The van der Waals surface area contributed by atoms with Crippen LogP contribution in [-0.4, -0.2) is 28.3 Å². The second-order valence-electron chi connectivity index (χ2n) is 5.16. The maximum absolute atomic E-state index is 12.8. The van der Waals surface area contributed by atoms with Gasteiger partial charge in [-0.1, -0.05) is 12.1 Å². The van der Waals surface area contributed by atoms with Crippen LogP contribution in [0.3, 0.4) is 0 Å². The van der Waals surface area contributed by atoms with E-state index in [4.69, 9.17) is 0 Å². The minimum absolute atomic E-state index is 0.0479. The Morgan fingerprint density at radius 1 is 1.33 bits per heavy atom. The van der Waals surface area contributed by atoms with Gasteiger partial charge < -0.3 is 9.47 Å². The molecular formula is C16H17N3O2. The fraction of sp³-hybridized carbons (Fsp3) is 0.312. The van der Waals surface area contributed by atoms with Gasteiger partial charge in [-0.25, -0.2) is 4.98 Å². The predicted octanol–water partition coefficient (Wildman–Crippen LogP) is 2.04. The molecule has 1 aliphatic rings. The third-order valence-electron chi connectivity index (χ3n) is 3.97. The highest BCUT2D eigenvalue weighted by molar-refractivity contribution is 6.14. The highest BCUT2D eigenvalue weighted by Gasteiger charge is 2.27. The maximum atomic E-state index is 12.8. The number of carbonyl (C=O) groups is 2. The van der Waals surface area contributed by atoms with Crippen molar-refractivity contribution in [2.75, 3.05) is 11.9 Å². The highest BCUT2D eigenvalue weighted by atomic mass is 16.2. The number of fused-ring (bicyclic) bond motifs is 1. The van der Waals surface area contributed by atoms with Crippen LogP contribution in [0.25, 0.3) is 0 Å². The fourth-order valence-electron chi connectivity index (χ4n) is 2.81. The van der Waals surface area contributed by atoms with Crippen LogP contribution in [0, 0.1) is 0 Å². The number of hydrogen-bond donors (Lipinski definition) is 0. The molecule has 0 aliphatic carbocycles. The molecule has 0 fully saturated rings. The lowest BCUT2D eigenvalue weighted by Crippen LogP contribution is -2.33. The third kappa shape index (κ3) is 2.14. The first kappa shape index (κ1) is 13.5. The fourth-order valence-corrected chi connectivity index (χ4v) is 2.81. The number of imidazole rings is 1. The van der Waals surface area contributed by atoms with Crippen LogP contribution in [0.4, 0.5) is 5.69 Å². The number of aryl methyl sites for hydroxylation is 2. The Morgan fingerprint density at radius 3 is 2.90 bits per heavy atom. The number of amides is 1. The minimum atomic E-state index is -0.0900. The van der Waals surface area contributed by atoms with Crippen LogP contribution in [0.2, 0.25) is 0 Å². The van der Waals surface area contributed by atoms with Crippen LogP contribution in [-0.2, 0) is 17.8 Å². The van der Waals surface area contributed by atoms with Crippen molar-refractivity contribution in [1.29, 1.82) is 0 Å². The van der Waals surface area contributed by atoms with E-state index >= 15 is 0 Å².